The fraction of sp³-hybridized carbons (Fsp3) is 0.333. The van der Waals surface area contributed by atoms with Gasteiger partial charge in [-0.25, -0.2) is 4.79 Å². The summed E-state index contributed by atoms with van der Waals surface area (Å²) in [5.41, 5.74) is 1.05. The highest BCUT2D eigenvalue weighted by molar-refractivity contribution is 7.80. The maximum atomic E-state index is 12.8. The normalized spacial score (nSPS) is 11.1. The van der Waals surface area contributed by atoms with Gasteiger partial charge in [0, 0.05) is 13.1 Å². The van der Waals surface area contributed by atoms with Gasteiger partial charge in [-0.15, -0.1) is 0 Å². The highest BCUT2D eigenvalue weighted by Gasteiger charge is 2.22. The molecule has 0 aromatic heterocycles. The molecule has 1 unspecified atom stereocenters. The molecule has 0 heterocycles. The summed E-state index contributed by atoms with van der Waals surface area (Å²) in [6.07, 6.45) is 0.764. The number of rotatable bonds is 13. The second-order valence-electron chi connectivity index (χ2n) is 7.59. The zero-order chi connectivity index (χ0) is 25.5. The van der Waals surface area contributed by atoms with Crippen molar-refractivity contribution >= 4 is 41.0 Å². The number of amides is 2. The van der Waals surface area contributed by atoms with Crippen molar-refractivity contribution in [1.29, 1.82) is 0 Å². The molecule has 0 spiro atoms. The van der Waals surface area contributed by atoms with Crippen LogP contribution in [0.5, 0.6) is 5.75 Å². The third-order valence-corrected chi connectivity index (χ3v) is 5.10. The molecule has 0 aliphatic heterocycles. The summed E-state index contributed by atoms with van der Waals surface area (Å²) >= 11 is 5.08. The van der Waals surface area contributed by atoms with E-state index in [0.29, 0.717) is 30.9 Å². The predicted molar refractivity (Wildman–Crippen MR) is 135 cm³/mol. The quantitative estimate of drug-likeness (QED) is 0.138. The lowest BCUT2D eigenvalue weighted by Gasteiger charge is -2.19. The zero-order valence-corrected chi connectivity index (χ0v) is 20.0. The van der Waals surface area contributed by atoms with Crippen molar-refractivity contribution in [3.05, 3.63) is 60.2 Å². The highest BCUT2D eigenvalue weighted by atomic mass is 32.1. The number of anilines is 1. The van der Waals surface area contributed by atoms with Gasteiger partial charge in [0.25, 0.3) is 0 Å². The molecule has 2 aromatic rings. The second-order valence-corrected chi connectivity index (χ2v) is 8.00. The first-order valence-electron chi connectivity index (χ1n) is 11.1. The third kappa shape index (κ3) is 11.2. The molecule has 0 radical (unpaired) electrons. The molecule has 10 nitrogen and oxygen atoms in total. The SMILES string of the molecule is O=C(O)CCNC(=S)NCCCCC(NC(=O)OCc1ccccc1)C(=O)Nc1ccccc1O. The fourth-order valence-electron chi connectivity index (χ4n) is 3.00. The number of aliphatic carboxylic acids is 1. The van der Waals surface area contributed by atoms with E-state index >= 15 is 0 Å². The number of para-hydroxylation sites is 2. The van der Waals surface area contributed by atoms with Crippen LogP contribution in [0, 0.1) is 0 Å². The Hall–Kier alpha value is -3.86. The van der Waals surface area contributed by atoms with Gasteiger partial charge < -0.3 is 36.2 Å². The van der Waals surface area contributed by atoms with Crippen LogP contribution in [0.3, 0.4) is 0 Å². The molecule has 11 heteroatoms. The Kier molecular flexibility index (Phi) is 11.8. The van der Waals surface area contributed by atoms with Gasteiger partial charge in [0.05, 0.1) is 12.1 Å². The van der Waals surface area contributed by atoms with Crippen LogP contribution in [0.2, 0.25) is 0 Å². The van der Waals surface area contributed by atoms with E-state index in [1.165, 1.54) is 6.07 Å². The lowest BCUT2D eigenvalue weighted by Crippen LogP contribution is -2.44. The molecule has 0 fully saturated rings. The summed E-state index contributed by atoms with van der Waals surface area (Å²) in [5, 5.41) is 29.9. The van der Waals surface area contributed by atoms with Crippen LogP contribution in [0.1, 0.15) is 31.2 Å². The first-order valence-corrected chi connectivity index (χ1v) is 11.6. The van der Waals surface area contributed by atoms with Crippen molar-refractivity contribution in [3.8, 4) is 5.75 Å². The Bertz CT molecular complexity index is 989. The average molecular weight is 503 g/mol. The number of phenolic OH excluding ortho intramolecular Hbond substituents is 1. The number of carbonyl (C=O) groups is 3. The molecule has 0 bridgehead atoms. The van der Waals surface area contributed by atoms with Crippen LogP contribution in [-0.4, -0.2) is 52.4 Å². The van der Waals surface area contributed by atoms with Crippen LogP contribution < -0.4 is 21.3 Å². The summed E-state index contributed by atoms with van der Waals surface area (Å²) in [5.74, 6) is -1.48. The second kappa shape index (κ2) is 15.1. The number of benzene rings is 2. The molecule has 2 rings (SSSR count). The van der Waals surface area contributed by atoms with Gasteiger partial charge in [0.15, 0.2) is 5.11 Å². The number of nitrogens with one attached hydrogen (secondary N) is 4. The summed E-state index contributed by atoms with van der Waals surface area (Å²) in [4.78, 5) is 35.7. The minimum Gasteiger partial charge on any atom is -0.506 e. The molecule has 0 saturated carbocycles. The van der Waals surface area contributed by atoms with Gasteiger partial charge in [-0.1, -0.05) is 42.5 Å². The van der Waals surface area contributed by atoms with Gasteiger partial charge >= 0.3 is 12.1 Å². The largest absolute Gasteiger partial charge is 0.506 e. The fourth-order valence-corrected chi connectivity index (χ4v) is 3.20. The van der Waals surface area contributed by atoms with E-state index < -0.39 is 24.0 Å². The molecule has 2 aromatic carbocycles. The van der Waals surface area contributed by atoms with Crippen LogP contribution in [0.4, 0.5) is 10.5 Å². The van der Waals surface area contributed by atoms with E-state index in [-0.39, 0.29) is 31.0 Å². The minimum absolute atomic E-state index is 0.0401. The van der Waals surface area contributed by atoms with E-state index in [1.807, 2.05) is 30.3 Å². The monoisotopic (exact) mass is 502 g/mol. The highest BCUT2D eigenvalue weighted by Crippen LogP contribution is 2.22. The van der Waals surface area contributed by atoms with Crippen LogP contribution >= 0.6 is 12.2 Å². The summed E-state index contributed by atoms with van der Waals surface area (Å²) in [6.45, 7) is 0.798. The minimum atomic E-state index is -0.914. The summed E-state index contributed by atoms with van der Waals surface area (Å²) < 4.78 is 5.24. The number of aromatic hydroxyl groups is 1. The number of unbranched alkanes of at least 4 members (excludes halogenated alkanes) is 1. The molecule has 0 aliphatic rings. The first-order chi connectivity index (χ1) is 16.8. The number of thiocarbonyl (C=S) groups is 1. The molecule has 6 N–H and O–H groups in total. The van der Waals surface area contributed by atoms with E-state index in [9.17, 15) is 19.5 Å². The van der Waals surface area contributed by atoms with Crippen LogP contribution in [-0.2, 0) is 20.9 Å². The van der Waals surface area contributed by atoms with Crippen molar-refractivity contribution in [2.24, 2.45) is 0 Å². The maximum Gasteiger partial charge on any atom is 0.408 e. The number of alkyl carbamates (subject to hydrolysis) is 1. The smallest absolute Gasteiger partial charge is 0.408 e. The molecule has 188 valence electrons. The number of carboxylic acids is 1. The Labute approximate surface area is 209 Å². The van der Waals surface area contributed by atoms with E-state index in [4.69, 9.17) is 22.1 Å². The molecule has 35 heavy (non-hydrogen) atoms. The van der Waals surface area contributed by atoms with E-state index in [1.54, 1.807) is 18.2 Å². The number of ether oxygens (including phenoxy) is 1. The first kappa shape index (κ1) is 27.4. The Morgan fingerprint density at radius 3 is 2.34 bits per heavy atom. The number of hydrogen-bond acceptors (Lipinski definition) is 6. The van der Waals surface area contributed by atoms with Crippen molar-refractivity contribution < 1.29 is 29.3 Å². The van der Waals surface area contributed by atoms with E-state index in [0.717, 1.165) is 5.56 Å². The van der Waals surface area contributed by atoms with Crippen LogP contribution in [0.25, 0.3) is 0 Å². The molecule has 1 atom stereocenters. The topological polar surface area (TPSA) is 149 Å². The number of carbonyl (C=O) groups excluding carboxylic acids is 2. The lowest BCUT2D eigenvalue weighted by atomic mass is 10.1. The van der Waals surface area contributed by atoms with Gasteiger partial charge in [0.2, 0.25) is 5.91 Å². The third-order valence-electron chi connectivity index (χ3n) is 4.81. The van der Waals surface area contributed by atoms with Crippen molar-refractivity contribution in [3.63, 3.8) is 0 Å². The van der Waals surface area contributed by atoms with Crippen LogP contribution in [0.15, 0.2) is 54.6 Å². The standard InChI is InChI=1S/C24H30N4O6S/c29-20-12-5-4-10-18(20)27-22(32)19(28-24(33)34-16-17-8-2-1-3-9-17)11-6-7-14-25-23(35)26-15-13-21(30)31/h1-5,8-10,12,19,29H,6-7,11,13-16H2,(H,27,32)(H,28,33)(H,30,31)(H2,25,26,35). The number of phenols is 1. The molecule has 0 saturated heterocycles. The molecule has 0 aliphatic carbocycles. The van der Waals surface area contributed by atoms with Crippen molar-refractivity contribution in [2.45, 2.75) is 38.3 Å². The Morgan fingerprint density at radius 1 is 0.943 bits per heavy atom. The van der Waals surface area contributed by atoms with Crippen molar-refractivity contribution in [2.75, 3.05) is 18.4 Å². The Balaban J connectivity index is 1.84. The van der Waals surface area contributed by atoms with Gasteiger partial charge in [-0.3, -0.25) is 9.59 Å². The molecule has 2 amide bonds. The molecular weight excluding hydrogens is 472 g/mol. The van der Waals surface area contributed by atoms with E-state index in [2.05, 4.69) is 21.3 Å². The van der Waals surface area contributed by atoms with Gasteiger partial charge in [-0.05, 0) is 49.2 Å². The van der Waals surface area contributed by atoms with Crippen molar-refractivity contribution in [1.82, 2.24) is 16.0 Å². The Morgan fingerprint density at radius 2 is 1.63 bits per heavy atom. The zero-order valence-electron chi connectivity index (χ0n) is 19.2. The summed E-state index contributed by atoms with van der Waals surface area (Å²) in [7, 11) is 0. The molecular formula is C24H30N4O6S. The number of hydrogen-bond donors (Lipinski definition) is 6. The maximum absolute atomic E-state index is 12.8. The predicted octanol–water partition coefficient (Wildman–Crippen LogP) is 2.73. The van der Waals surface area contributed by atoms with Gasteiger partial charge in [-0.2, -0.15) is 0 Å². The lowest BCUT2D eigenvalue weighted by molar-refractivity contribution is -0.136. The number of carboxylic acid groups (broad SMARTS) is 1. The summed E-state index contributed by atoms with van der Waals surface area (Å²) in [6, 6.07) is 14.6. The average Bonchev–Trinajstić information content (AvgIpc) is 2.83. The van der Waals surface area contributed by atoms with Gasteiger partial charge in [0.1, 0.15) is 18.4 Å².